The normalized spacial score (nSPS) is 11.7. The van der Waals surface area contributed by atoms with Gasteiger partial charge in [0.2, 0.25) is 0 Å². The van der Waals surface area contributed by atoms with E-state index in [1.54, 1.807) is 26.4 Å². The number of aromatic nitrogens is 3. The fraction of sp³-hybridized carbons (Fsp3) is 0.261. The highest BCUT2D eigenvalue weighted by molar-refractivity contribution is 7.99. The minimum Gasteiger partial charge on any atom is -0.493 e. The molecule has 0 aliphatic carbocycles. The van der Waals surface area contributed by atoms with Gasteiger partial charge in [-0.15, -0.1) is 0 Å². The first-order valence-corrected chi connectivity index (χ1v) is 10.6. The zero-order valence-electron chi connectivity index (χ0n) is 17.8. The summed E-state index contributed by atoms with van der Waals surface area (Å²) >= 11 is 1.45. The molecular formula is C23H21F2N3O3S. The van der Waals surface area contributed by atoms with Crippen molar-refractivity contribution in [3.63, 3.8) is 0 Å². The van der Waals surface area contributed by atoms with Crippen LogP contribution in [0.2, 0.25) is 0 Å². The number of alkyl halides is 2. The number of ether oxygens (including phenoxy) is 2. The lowest BCUT2D eigenvalue weighted by Gasteiger charge is -2.17. The molecule has 6 nitrogen and oxygen atoms in total. The van der Waals surface area contributed by atoms with Gasteiger partial charge in [0.15, 0.2) is 11.5 Å². The standard InChI is InChI=1S/C23H21F2N3O3S/c1-23(11-24,12-25)21-10-17(28-31-21)14-5-4-6-15(7-14)32-22-16-8-19(29-2)20(30-3)9-18(16)26-13-27-22/h4-10,13H,11-12H2,1-3H3. The highest BCUT2D eigenvalue weighted by Gasteiger charge is 2.32. The van der Waals surface area contributed by atoms with E-state index < -0.39 is 18.8 Å². The average Bonchev–Trinajstić information content (AvgIpc) is 3.34. The van der Waals surface area contributed by atoms with Gasteiger partial charge in [-0.3, -0.25) is 0 Å². The Balaban J connectivity index is 1.67. The Kier molecular flexibility index (Phi) is 6.27. The Morgan fingerprint density at radius 3 is 2.47 bits per heavy atom. The molecule has 0 spiro atoms. The van der Waals surface area contributed by atoms with Crippen molar-refractivity contribution in [2.45, 2.75) is 22.3 Å². The van der Waals surface area contributed by atoms with Crippen LogP contribution in [-0.2, 0) is 5.41 Å². The lowest BCUT2D eigenvalue weighted by atomic mass is 9.90. The van der Waals surface area contributed by atoms with E-state index in [2.05, 4.69) is 15.1 Å². The van der Waals surface area contributed by atoms with Crippen LogP contribution in [0.3, 0.4) is 0 Å². The molecule has 9 heteroatoms. The summed E-state index contributed by atoms with van der Waals surface area (Å²) in [7, 11) is 3.15. The zero-order valence-corrected chi connectivity index (χ0v) is 18.6. The molecule has 4 aromatic rings. The molecular weight excluding hydrogens is 436 g/mol. The number of hydrogen-bond acceptors (Lipinski definition) is 7. The van der Waals surface area contributed by atoms with Crippen molar-refractivity contribution in [3.05, 3.63) is 54.6 Å². The third kappa shape index (κ3) is 4.12. The van der Waals surface area contributed by atoms with Gasteiger partial charge in [0.05, 0.1) is 25.2 Å². The summed E-state index contributed by atoms with van der Waals surface area (Å²) in [5, 5.41) is 5.59. The van der Waals surface area contributed by atoms with Crippen LogP contribution in [0.1, 0.15) is 12.7 Å². The fourth-order valence-electron chi connectivity index (χ4n) is 3.13. The molecule has 0 radical (unpaired) electrons. The molecule has 0 atom stereocenters. The van der Waals surface area contributed by atoms with Crippen molar-refractivity contribution in [2.24, 2.45) is 0 Å². The van der Waals surface area contributed by atoms with Gasteiger partial charge in [0.1, 0.15) is 36.2 Å². The molecule has 0 bridgehead atoms. The summed E-state index contributed by atoms with van der Waals surface area (Å²) in [5.74, 6) is 1.36. The number of rotatable bonds is 8. The first kappa shape index (κ1) is 22.0. The number of fused-ring (bicyclic) bond motifs is 1. The van der Waals surface area contributed by atoms with Gasteiger partial charge in [-0.05, 0) is 25.1 Å². The second-order valence-electron chi connectivity index (χ2n) is 7.44. The highest BCUT2D eigenvalue weighted by atomic mass is 32.2. The Morgan fingerprint density at radius 1 is 1.00 bits per heavy atom. The van der Waals surface area contributed by atoms with Crippen molar-refractivity contribution >= 4 is 22.7 Å². The van der Waals surface area contributed by atoms with E-state index in [1.807, 2.05) is 30.3 Å². The molecule has 0 fully saturated rings. The van der Waals surface area contributed by atoms with Gasteiger partial charge in [0, 0.05) is 28.0 Å². The van der Waals surface area contributed by atoms with Crippen molar-refractivity contribution < 1.29 is 22.8 Å². The van der Waals surface area contributed by atoms with Crippen LogP contribution >= 0.6 is 11.8 Å². The summed E-state index contributed by atoms with van der Waals surface area (Å²) < 4.78 is 42.6. The molecule has 0 saturated carbocycles. The number of methoxy groups -OCH3 is 2. The van der Waals surface area contributed by atoms with Crippen LogP contribution in [0.4, 0.5) is 8.78 Å². The minimum absolute atomic E-state index is 0.179. The van der Waals surface area contributed by atoms with Gasteiger partial charge >= 0.3 is 0 Å². The van der Waals surface area contributed by atoms with E-state index in [1.165, 1.54) is 25.0 Å². The Bertz CT molecular complexity index is 1240. The molecule has 0 aliphatic rings. The zero-order chi connectivity index (χ0) is 22.7. The van der Waals surface area contributed by atoms with E-state index in [-0.39, 0.29) is 5.76 Å². The first-order chi connectivity index (χ1) is 15.5. The Morgan fingerprint density at radius 2 is 1.75 bits per heavy atom. The van der Waals surface area contributed by atoms with Gasteiger partial charge in [-0.25, -0.2) is 18.7 Å². The molecule has 2 aromatic carbocycles. The second-order valence-corrected chi connectivity index (χ2v) is 8.50. The number of hydrogen-bond donors (Lipinski definition) is 0. The van der Waals surface area contributed by atoms with Crippen molar-refractivity contribution in [3.8, 4) is 22.8 Å². The van der Waals surface area contributed by atoms with Crippen LogP contribution in [0, 0.1) is 0 Å². The maximum Gasteiger partial charge on any atom is 0.162 e. The predicted octanol–water partition coefficient (Wildman–Crippen LogP) is 5.65. The quantitative estimate of drug-likeness (QED) is 0.317. The monoisotopic (exact) mass is 457 g/mol. The fourth-order valence-corrected chi connectivity index (χ4v) is 4.06. The summed E-state index contributed by atoms with van der Waals surface area (Å²) in [4.78, 5) is 9.67. The molecule has 0 N–H and O–H groups in total. The molecule has 0 saturated heterocycles. The van der Waals surface area contributed by atoms with Crippen LogP contribution in [0.5, 0.6) is 11.5 Å². The number of nitrogens with zero attached hydrogens (tertiary/aromatic N) is 3. The number of benzene rings is 2. The van der Waals surface area contributed by atoms with Gasteiger partial charge in [-0.1, -0.05) is 29.1 Å². The average molecular weight is 458 g/mol. The van der Waals surface area contributed by atoms with Gasteiger partial charge in [0.25, 0.3) is 0 Å². The molecule has 166 valence electrons. The van der Waals surface area contributed by atoms with Gasteiger partial charge < -0.3 is 14.0 Å². The third-order valence-corrected chi connectivity index (χ3v) is 6.15. The van der Waals surface area contributed by atoms with Gasteiger partial charge in [-0.2, -0.15) is 0 Å². The molecule has 32 heavy (non-hydrogen) atoms. The predicted molar refractivity (Wildman–Crippen MR) is 118 cm³/mol. The maximum absolute atomic E-state index is 13.3. The molecule has 0 amide bonds. The first-order valence-electron chi connectivity index (χ1n) is 9.75. The van der Waals surface area contributed by atoms with E-state index >= 15 is 0 Å². The van der Waals surface area contributed by atoms with E-state index in [0.29, 0.717) is 17.2 Å². The van der Waals surface area contributed by atoms with E-state index in [0.717, 1.165) is 26.4 Å². The Hall–Kier alpha value is -3.20. The van der Waals surface area contributed by atoms with Crippen molar-refractivity contribution in [1.82, 2.24) is 15.1 Å². The van der Waals surface area contributed by atoms with Crippen LogP contribution in [0.15, 0.2) is 63.2 Å². The SMILES string of the molecule is COc1cc2ncnc(Sc3cccc(-c4cc(C(C)(CF)CF)on4)c3)c2cc1OC. The number of halogens is 2. The topological polar surface area (TPSA) is 70.3 Å². The van der Waals surface area contributed by atoms with Crippen LogP contribution < -0.4 is 9.47 Å². The van der Waals surface area contributed by atoms with Crippen molar-refractivity contribution in [1.29, 1.82) is 0 Å². The Labute approximate surface area is 188 Å². The molecule has 0 aliphatic heterocycles. The lowest BCUT2D eigenvalue weighted by Crippen LogP contribution is -2.26. The summed E-state index contributed by atoms with van der Waals surface area (Å²) in [6.07, 6.45) is 1.50. The van der Waals surface area contributed by atoms with E-state index in [9.17, 15) is 8.78 Å². The highest BCUT2D eigenvalue weighted by Crippen LogP contribution is 2.38. The smallest absolute Gasteiger partial charge is 0.162 e. The lowest BCUT2D eigenvalue weighted by molar-refractivity contribution is 0.206. The van der Waals surface area contributed by atoms with Crippen LogP contribution in [0.25, 0.3) is 22.2 Å². The van der Waals surface area contributed by atoms with Crippen LogP contribution in [-0.4, -0.2) is 42.7 Å². The third-order valence-electron chi connectivity index (χ3n) is 5.14. The summed E-state index contributed by atoms with van der Waals surface area (Å²) in [5.41, 5.74) is 0.670. The molecule has 4 rings (SSSR count). The largest absolute Gasteiger partial charge is 0.493 e. The maximum atomic E-state index is 13.3. The summed E-state index contributed by atoms with van der Waals surface area (Å²) in [6.45, 7) is -0.279. The minimum atomic E-state index is -1.34. The van der Waals surface area contributed by atoms with Crippen molar-refractivity contribution in [2.75, 3.05) is 27.6 Å². The molecule has 2 aromatic heterocycles. The molecule has 2 heterocycles. The van der Waals surface area contributed by atoms with E-state index in [4.69, 9.17) is 14.0 Å². The molecule has 0 unspecified atom stereocenters. The second kappa shape index (κ2) is 9.12. The summed E-state index contributed by atoms with van der Waals surface area (Å²) in [6, 6.07) is 12.8.